The van der Waals surface area contributed by atoms with Crippen molar-refractivity contribution in [1.29, 1.82) is 0 Å². The summed E-state index contributed by atoms with van der Waals surface area (Å²) in [6.07, 6.45) is 7.68. The highest BCUT2D eigenvalue weighted by Crippen LogP contribution is 2.40. The quantitative estimate of drug-likeness (QED) is 0.348. The number of carbonyl (C=O) groups excluding carboxylic acids is 1. The smallest absolute Gasteiger partial charge is 0.241 e. The van der Waals surface area contributed by atoms with Crippen LogP contribution in [0, 0.1) is 17.6 Å². The Morgan fingerprint density at radius 1 is 1.20 bits per heavy atom. The summed E-state index contributed by atoms with van der Waals surface area (Å²) in [5.41, 5.74) is 7.64. The lowest BCUT2D eigenvalue weighted by Gasteiger charge is -2.37. The molecule has 1 unspecified atom stereocenters. The van der Waals surface area contributed by atoms with E-state index < -0.39 is 39.5 Å². The summed E-state index contributed by atoms with van der Waals surface area (Å²) < 4.78 is 62.9. The molecular formula is C31H42ClF2N5O4S. The van der Waals surface area contributed by atoms with Gasteiger partial charge in [-0.3, -0.25) is 9.78 Å². The number of hydrogen-bond acceptors (Lipinski definition) is 7. The molecule has 1 aliphatic carbocycles. The predicted molar refractivity (Wildman–Crippen MR) is 166 cm³/mol. The Kier molecular flexibility index (Phi) is 10.9. The van der Waals surface area contributed by atoms with E-state index >= 15 is 4.39 Å². The third-order valence-corrected chi connectivity index (χ3v) is 11.7. The highest BCUT2D eigenvalue weighted by Gasteiger charge is 2.39. The summed E-state index contributed by atoms with van der Waals surface area (Å²) in [6, 6.07) is 3.23. The number of nitrogens with two attached hydrogens (primary N) is 1. The maximum Gasteiger partial charge on any atom is 0.241 e. The van der Waals surface area contributed by atoms with Gasteiger partial charge in [0.2, 0.25) is 15.9 Å². The van der Waals surface area contributed by atoms with E-state index in [1.165, 1.54) is 18.3 Å². The second-order valence-electron chi connectivity index (χ2n) is 12.2. The molecule has 3 aliphatic rings. The van der Waals surface area contributed by atoms with Gasteiger partial charge in [-0.15, -0.1) is 0 Å². The molecule has 2 bridgehead atoms. The van der Waals surface area contributed by atoms with E-state index in [9.17, 15) is 17.6 Å². The Morgan fingerprint density at radius 3 is 2.70 bits per heavy atom. The number of fused-ring (bicyclic) bond motifs is 2. The maximum atomic E-state index is 15.2. The lowest BCUT2D eigenvalue weighted by Crippen LogP contribution is -2.57. The van der Waals surface area contributed by atoms with Crippen molar-refractivity contribution in [3.63, 3.8) is 0 Å². The van der Waals surface area contributed by atoms with E-state index in [1.807, 2.05) is 6.92 Å². The van der Waals surface area contributed by atoms with E-state index in [0.717, 1.165) is 38.3 Å². The largest absolute Gasteiger partial charge is 0.379 e. The van der Waals surface area contributed by atoms with Crippen LogP contribution in [0.15, 0.2) is 30.6 Å². The molecule has 5 atom stereocenters. The molecule has 1 aromatic carbocycles. The van der Waals surface area contributed by atoms with Gasteiger partial charge >= 0.3 is 0 Å². The van der Waals surface area contributed by atoms with Crippen LogP contribution in [0.2, 0.25) is 5.02 Å². The summed E-state index contributed by atoms with van der Waals surface area (Å²) in [6.45, 7) is 3.47. The first kappa shape index (κ1) is 33.2. The maximum absolute atomic E-state index is 15.2. The zero-order chi connectivity index (χ0) is 31.4. The predicted octanol–water partition coefficient (Wildman–Crippen LogP) is 4.36. The van der Waals surface area contributed by atoms with Gasteiger partial charge in [0.15, 0.2) is 0 Å². The van der Waals surface area contributed by atoms with Crippen molar-refractivity contribution in [2.24, 2.45) is 11.7 Å². The highest BCUT2D eigenvalue weighted by molar-refractivity contribution is 7.89. The van der Waals surface area contributed by atoms with Crippen LogP contribution in [0.4, 0.5) is 14.5 Å². The molecule has 9 nitrogen and oxygen atoms in total. The summed E-state index contributed by atoms with van der Waals surface area (Å²) in [5.74, 6) is -2.13. The van der Waals surface area contributed by atoms with Crippen LogP contribution in [0.1, 0.15) is 68.9 Å². The standard InChI is InChI=1S/C31H42ClF2N5O4S/c1-2-43-23-9-5-19(6-10-23)29(20-7-12-25(32)26(33)14-20)30(35)31(40)38-28-17-36-16-27(34)24(28)11-8-22-15-37-21-4-3-13-44(41,42)39(22)18-21/h7,12,14,16-17,19,21-23,29-30,37H,2-6,8-11,13,15,18,35H2,1H3,(H,38,40)/t19?,21-,22+,23?,29-,30+/m1/s1. The molecule has 3 heterocycles. The molecule has 1 amide bonds. The van der Waals surface area contributed by atoms with Crippen molar-refractivity contribution in [2.75, 3.05) is 30.8 Å². The minimum atomic E-state index is -3.40. The number of aromatic nitrogens is 1. The fraction of sp³-hybridized carbons (Fsp3) is 0.613. The van der Waals surface area contributed by atoms with E-state index in [-0.39, 0.29) is 52.6 Å². The van der Waals surface area contributed by atoms with Crippen LogP contribution < -0.4 is 16.4 Å². The Bertz CT molecular complexity index is 1430. The molecule has 3 fully saturated rings. The molecule has 13 heteroatoms. The van der Waals surface area contributed by atoms with Crippen molar-refractivity contribution in [3.8, 4) is 0 Å². The van der Waals surface area contributed by atoms with Gasteiger partial charge in [0.05, 0.1) is 41.0 Å². The Morgan fingerprint density at radius 2 is 1.98 bits per heavy atom. The molecule has 1 aromatic heterocycles. The van der Waals surface area contributed by atoms with Crippen molar-refractivity contribution < 1.29 is 26.7 Å². The topological polar surface area (TPSA) is 127 Å². The Hall–Kier alpha value is -2.22. The number of pyridine rings is 1. The summed E-state index contributed by atoms with van der Waals surface area (Å²) >= 11 is 5.96. The number of nitrogens with zero attached hydrogens (tertiary/aromatic N) is 2. The van der Waals surface area contributed by atoms with E-state index in [1.54, 1.807) is 10.4 Å². The number of hydrogen-bond donors (Lipinski definition) is 3. The van der Waals surface area contributed by atoms with Crippen LogP contribution >= 0.6 is 11.6 Å². The second kappa shape index (κ2) is 14.5. The van der Waals surface area contributed by atoms with Crippen LogP contribution in [0.3, 0.4) is 0 Å². The van der Waals surface area contributed by atoms with Crippen molar-refractivity contribution >= 4 is 33.2 Å². The fourth-order valence-electron chi connectivity index (χ4n) is 7.10. The molecule has 4 N–H and O–H groups in total. The lowest BCUT2D eigenvalue weighted by molar-refractivity contribution is -0.118. The Labute approximate surface area is 263 Å². The van der Waals surface area contributed by atoms with E-state index in [4.69, 9.17) is 22.1 Å². The lowest BCUT2D eigenvalue weighted by atomic mass is 9.72. The molecule has 0 spiro atoms. The number of carbonyl (C=O) groups is 1. The molecular weight excluding hydrogens is 612 g/mol. The van der Waals surface area contributed by atoms with Gasteiger partial charge in [-0.2, -0.15) is 4.31 Å². The van der Waals surface area contributed by atoms with E-state index in [2.05, 4.69) is 15.6 Å². The van der Waals surface area contributed by atoms with Gasteiger partial charge in [-0.1, -0.05) is 17.7 Å². The zero-order valence-corrected chi connectivity index (χ0v) is 26.6. The first-order valence-corrected chi connectivity index (χ1v) is 17.5. The van der Waals surface area contributed by atoms with Crippen molar-refractivity contribution in [1.82, 2.24) is 14.6 Å². The number of piperazine rings is 1. The molecule has 242 valence electrons. The number of ether oxygens (including phenoxy) is 1. The Balaban J connectivity index is 1.33. The number of sulfonamides is 1. The number of amides is 1. The average molecular weight is 654 g/mol. The average Bonchev–Trinajstić information content (AvgIpc) is 3.11. The number of rotatable bonds is 10. The first-order valence-electron chi connectivity index (χ1n) is 15.6. The summed E-state index contributed by atoms with van der Waals surface area (Å²) in [5, 5.41) is 6.20. The monoisotopic (exact) mass is 653 g/mol. The van der Waals surface area contributed by atoms with Gasteiger partial charge < -0.3 is 21.1 Å². The minimum Gasteiger partial charge on any atom is -0.379 e. The normalized spacial score (nSPS) is 28.1. The minimum absolute atomic E-state index is 0.00339. The summed E-state index contributed by atoms with van der Waals surface area (Å²) in [7, 11) is -3.40. The van der Waals surface area contributed by atoms with Crippen LogP contribution in [0.5, 0.6) is 0 Å². The molecule has 2 saturated heterocycles. The van der Waals surface area contributed by atoms with Crippen molar-refractivity contribution in [2.45, 2.75) is 88.4 Å². The number of nitrogens with one attached hydrogen (secondary N) is 2. The van der Waals surface area contributed by atoms with Crippen molar-refractivity contribution in [3.05, 3.63) is 58.4 Å². The second-order valence-corrected chi connectivity index (χ2v) is 14.6. The first-order chi connectivity index (χ1) is 21.1. The van der Waals surface area contributed by atoms with Crippen LogP contribution in [0.25, 0.3) is 0 Å². The third-order valence-electron chi connectivity index (χ3n) is 9.40. The molecule has 2 aliphatic heterocycles. The SMILES string of the molecule is CCOC1CCC([C@H](c2ccc(Cl)c(F)c2)[C@H](N)C(=O)Nc2cncc(F)c2CC[C@H]2CN[C@@H]3CCCS(=O)(=O)N2C3)CC1. The third kappa shape index (κ3) is 7.59. The van der Waals surface area contributed by atoms with Gasteiger partial charge in [0.25, 0.3) is 0 Å². The summed E-state index contributed by atoms with van der Waals surface area (Å²) in [4.78, 5) is 17.6. The number of halogens is 3. The molecule has 44 heavy (non-hydrogen) atoms. The number of benzene rings is 1. The van der Waals surface area contributed by atoms with Gasteiger partial charge in [-0.25, -0.2) is 17.2 Å². The number of anilines is 1. The molecule has 5 rings (SSSR count). The molecule has 1 saturated carbocycles. The van der Waals surface area contributed by atoms with Crippen LogP contribution in [-0.4, -0.2) is 73.3 Å². The molecule has 2 aromatic rings. The zero-order valence-electron chi connectivity index (χ0n) is 25.0. The van der Waals surface area contributed by atoms with Gasteiger partial charge in [0, 0.05) is 43.3 Å². The fourth-order valence-corrected chi connectivity index (χ4v) is 9.03. The van der Waals surface area contributed by atoms with Crippen LogP contribution in [-0.2, 0) is 26.0 Å². The molecule has 0 radical (unpaired) electrons. The van der Waals surface area contributed by atoms with Gasteiger partial charge in [-0.05, 0) is 81.9 Å². The highest BCUT2D eigenvalue weighted by atomic mass is 35.5. The van der Waals surface area contributed by atoms with Gasteiger partial charge in [0.1, 0.15) is 11.6 Å². The van der Waals surface area contributed by atoms with E-state index in [0.29, 0.717) is 38.1 Å².